The van der Waals surface area contributed by atoms with Gasteiger partial charge in [-0.25, -0.2) is 13.4 Å². The van der Waals surface area contributed by atoms with E-state index in [4.69, 9.17) is 5.73 Å². The van der Waals surface area contributed by atoms with Crippen LogP contribution in [0, 0.1) is 0 Å². The molecular weight excluding hydrogens is 266 g/mol. The van der Waals surface area contributed by atoms with Crippen LogP contribution in [0.25, 0.3) is 0 Å². The minimum Gasteiger partial charge on any atom is -0.366 e. The molecule has 0 saturated carbocycles. The maximum absolute atomic E-state index is 11.9. The zero-order valence-corrected chi connectivity index (χ0v) is 11.7. The highest BCUT2D eigenvalue weighted by atomic mass is 32.2. The van der Waals surface area contributed by atoms with E-state index in [1.165, 1.54) is 6.20 Å². The Labute approximate surface area is 112 Å². The van der Waals surface area contributed by atoms with Gasteiger partial charge in [-0.15, -0.1) is 0 Å². The van der Waals surface area contributed by atoms with Gasteiger partial charge in [0.1, 0.15) is 5.82 Å². The second-order valence-corrected chi connectivity index (χ2v) is 7.67. The number of amides is 1. The molecule has 6 nitrogen and oxygen atoms in total. The van der Waals surface area contributed by atoms with Gasteiger partial charge in [0.15, 0.2) is 9.84 Å². The van der Waals surface area contributed by atoms with Crippen LogP contribution in [0.15, 0.2) is 18.3 Å². The molecule has 2 unspecified atom stereocenters. The van der Waals surface area contributed by atoms with Crippen molar-refractivity contribution in [3.05, 3.63) is 23.9 Å². The molecule has 0 aliphatic carbocycles. The van der Waals surface area contributed by atoms with Crippen LogP contribution in [0.5, 0.6) is 0 Å². The molecule has 1 saturated heterocycles. The van der Waals surface area contributed by atoms with Crippen molar-refractivity contribution >= 4 is 21.6 Å². The van der Waals surface area contributed by atoms with Crippen molar-refractivity contribution in [3.63, 3.8) is 0 Å². The molecule has 2 N–H and O–H groups in total. The van der Waals surface area contributed by atoms with E-state index in [1.807, 2.05) is 4.90 Å². The van der Waals surface area contributed by atoms with Crippen molar-refractivity contribution in [1.82, 2.24) is 4.98 Å². The van der Waals surface area contributed by atoms with E-state index >= 15 is 0 Å². The quantitative estimate of drug-likeness (QED) is 0.836. The van der Waals surface area contributed by atoms with E-state index in [2.05, 4.69) is 4.98 Å². The fourth-order valence-corrected chi connectivity index (χ4v) is 3.77. The van der Waals surface area contributed by atoms with Gasteiger partial charge >= 0.3 is 0 Å². The van der Waals surface area contributed by atoms with E-state index in [9.17, 15) is 13.2 Å². The molecule has 0 aromatic carbocycles. The molecule has 1 aliphatic rings. The third kappa shape index (κ3) is 2.56. The predicted molar refractivity (Wildman–Crippen MR) is 72.8 cm³/mol. The van der Waals surface area contributed by atoms with Gasteiger partial charge in [-0.05, 0) is 26.0 Å². The molecule has 0 radical (unpaired) electrons. The fourth-order valence-electron chi connectivity index (χ4n) is 2.21. The number of nitrogens with two attached hydrogens (primary N) is 1. The van der Waals surface area contributed by atoms with Crippen LogP contribution >= 0.6 is 0 Å². The summed E-state index contributed by atoms with van der Waals surface area (Å²) in [4.78, 5) is 17.1. The number of rotatable bonds is 2. The van der Waals surface area contributed by atoms with Crippen LogP contribution in [-0.2, 0) is 9.84 Å². The second-order valence-electron chi connectivity index (χ2n) is 4.88. The maximum Gasteiger partial charge on any atom is 0.250 e. The van der Waals surface area contributed by atoms with Gasteiger partial charge in [-0.2, -0.15) is 0 Å². The Kier molecular flexibility index (Phi) is 3.49. The highest BCUT2D eigenvalue weighted by Gasteiger charge is 2.36. The van der Waals surface area contributed by atoms with Crippen LogP contribution in [0.2, 0.25) is 0 Å². The van der Waals surface area contributed by atoms with Crippen molar-refractivity contribution in [2.75, 3.05) is 18.0 Å². The van der Waals surface area contributed by atoms with Crippen molar-refractivity contribution < 1.29 is 13.2 Å². The standard InChI is InChI=1S/C12H17N3O3S/c1-8-6-15(7-9(2)19(8,17)18)11-4-3-10(5-14-11)12(13)16/h3-5,8-9H,6-7H2,1-2H3,(H2,13,16). The number of pyridine rings is 1. The molecule has 1 aromatic heterocycles. The molecule has 104 valence electrons. The van der Waals surface area contributed by atoms with E-state index in [0.29, 0.717) is 24.5 Å². The summed E-state index contributed by atoms with van der Waals surface area (Å²) >= 11 is 0. The minimum atomic E-state index is -3.05. The first kappa shape index (κ1) is 13.8. The molecule has 1 amide bonds. The summed E-state index contributed by atoms with van der Waals surface area (Å²) in [6, 6.07) is 3.29. The Bertz CT molecular complexity index is 565. The van der Waals surface area contributed by atoms with E-state index in [1.54, 1.807) is 26.0 Å². The first-order chi connectivity index (χ1) is 8.82. The molecule has 0 spiro atoms. The Balaban J connectivity index is 2.22. The van der Waals surface area contributed by atoms with Gasteiger partial charge in [0, 0.05) is 19.3 Å². The fraction of sp³-hybridized carbons (Fsp3) is 0.500. The van der Waals surface area contributed by atoms with Crippen LogP contribution in [0.3, 0.4) is 0 Å². The van der Waals surface area contributed by atoms with E-state index in [0.717, 1.165) is 0 Å². The number of nitrogens with zero attached hydrogens (tertiary/aromatic N) is 2. The molecule has 1 aromatic rings. The molecule has 2 atom stereocenters. The Morgan fingerprint density at radius 2 is 1.89 bits per heavy atom. The summed E-state index contributed by atoms with van der Waals surface area (Å²) in [5, 5.41) is -0.845. The Hall–Kier alpha value is -1.63. The molecule has 19 heavy (non-hydrogen) atoms. The molecule has 2 heterocycles. The summed E-state index contributed by atoms with van der Waals surface area (Å²) in [6.07, 6.45) is 1.41. The second kappa shape index (κ2) is 4.80. The third-order valence-corrected chi connectivity index (χ3v) is 5.97. The highest BCUT2D eigenvalue weighted by molar-refractivity contribution is 7.92. The van der Waals surface area contributed by atoms with Gasteiger partial charge < -0.3 is 10.6 Å². The SMILES string of the molecule is CC1CN(c2ccc(C(N)=O)cn2)CC(C)S1(=O)=O. The Morgan fingerprint density at radius 1 is 1.32 bits per heavy atom. The average Bonchev–Trinajstić information content (AvgIpc) is 2.36. The first-order valence-electron chi connectivity index (χ1n) is 6.06. The Morgan fingerprint density at radius 3 is 2.32 bits per heavy atom. The first-order valence-corrected chi connectivity index (χ1v) is 7.67. The number of carbonyl (C=O) groups excluding carboxylic acids is 1. The van der Waals surface area contributed by atoms with Crippen LogP contribution in [0.1, 0.15) is 24.2 Å². The number of primary amides is 1. The molecule has 1 fully saturated rings. The number of anilines is 1. The largest absolute Gasteiger partial charge is 0.366 e. The average molecular weight is 283 g/mol. The van der Waals surface area contributed by atoms with Crippen molar-refractivity contribution in [2.24, 2.45) is 5.73 Å². The van der Waals surface area contributed by atoms with Crippen LogP contribution in [-0.4, -0.2) is 42.9 Å². The summed E-state index contributed by atoms with van der Waals surface area (Å²) < 4.78 is 23.8. The lowest BCUT2D eigenvalue weighted by Crippen LogP contribution is -2.50. The van der Waals surface area contributed by atoms with Gasteiger partial charge in [0.2, 0.25) is 5.91 Å². The number of aromatic nitrogens is 1. The molecule has 1 aliphatic heterocycles. The van der Waals surface area contributed by atoms with Crippen LogP contribution in [0.4, 0.5) is 5.82 Å². The number of hydrogen-bond acceptors (Lipinski definition) is 5. The molecule has 7 heteroatoms. The smallest absolute Gasteiger partial charge is 0.250 e. The summed E-state index contributed by atoms with van der Waals surface area (Å²) in [5.41, 5.74) is 5.49. The highest BCUT2D eigenvalue weighted by Crippen LogP contribution is 2.22. The van der Waals surface area contributed by atoms with Gasteiger partial charge in [0.05, 0.1) is 16.1 Å². The van der Waals surface area contributed by atoms with Gasteiger partial charge in [-0.3, -0.25) is 4.79 Å². The van der Waals surface area contributed by atoms with Crippen molar-refractivity contribution in [2.45, 2.75) is 24.3 Å². The summed E-state index contributed by atoms with van der Waals surface area (Å²) in [6.45, 7) is 4.23. The van der Waals surface area contributed by atoms with Crippen molar-refractivity contribution in [1.29, 1.82) is 0 Å². The van der Waals surface area contributed by atoms with Crippen LogP contribution < -0.4 is 10.6 Å². The monoisotopic (exact) mass is 283 g/mol. The predicted octanol–water partition coefficient (Wildman–Crippen LogP) is 0.192. The number of hydrogen-bond donors (Lipinski definition) is 1. The summed E-state index contributed by atoms with van der Waals surface area (Å²) in [7, 11) is -3.05. The molecule has 0 bridgehead atoms. The van der Waals surface area contributed by atoms with Gasteiger partial charge in [0.25, 0.3) is 0 Å². The lowest BCUT2D eigenvalue weighted by molar-refractivity contribution is 0.1000. The summed E-state index contributed by atoms with van der Waals surface area (Å²) in [5.74, 6) is 0.139. The lowest BCUT2D eigenvalue weighted by atomic mass is 10.2. The topological polar surface area (TPSA) is 93.4 Å². The maximum atomic E-state index is 11.9. The zero-order chi connectivity index (χ0) is 14.2. The molecule has 2 rings (SSSR count). The van der Waals surface area contributed by atoms with E-state index < -0.39 is 26.2 Å². The van der Waals surface area contributed by atoms with Crippen molar-refractivity contribution in [3.8, 4) is 0 Å². The van der Waals surface area contributed by atoms with E-state index in [-0.39, 0.29) is 0 Å². The minimum absolute atomic E-state index is 0.342. The number of sulfone groups is 1. The zero-order valence-electron chi connectivity index (χ0n) is 10.9. The third-order valence-electron chi connectivity index (χ3n) is 3.43. The normalized spacial score (nSPS) is 26.1. The number of carbonyl (C=O) groups is 1. The molecular formula is C12H17N3O3S. The lowest BCUT2D eigenvalue weighted by Gasteiger charge is -2.35. The van der Waals surface area contributed by atoms with Gasteiger partial charge in [-0.1, -0.05) is 0 Å².